The summed E-state index contributed by atoms with van der Waals surface area (Å²) in [6.07, 6.45) is -0.463. The van der Waals surface area contributed by atoms with Gasteiger partial charge in [-0.2, -0.15) is 0 Å². The highest BCUT2D eigenvalue weighted by atomic mass is 32.1. The zero-order valence-corrected chi connectivity index (χ0v) is 16.1. The van der Waals surface area contributed by atoms with Crippen molar-refractivity contribution in [3.8, 4) is 0 Å². The third-order valence-corrected chi connectivity index (χ3v) is 5.88. The third kappa shape index (κ3) is 5.67. The second-order valence-electron chi connectivity index (χ2n) is 6.49. The van der Waals surface area contributed by atoms with Crippen molar-refractivity contribution in [3.63, 3.8) is 0 Å². The van der Waals surface area contributed by atoms with Gasteiger partial charge >= 0.3 is 6.09 Å². The molecular weight excluding hydrogens is 406 g/mol. The van der Waals surface area contributed by atoms with Crippen molar-refractivity contribution >= 4 is 27.5 Å². The lowest BCUT2D eigenvalue weighted by molar-refractivity contribution is -0.768. The van der Waals surface area contributed by atoms with E-state index in [0.29, 0.717) is 19.0 Å². The SMILES string of the molecule is O=C(OC(CO[N+](=O)[O-])CO[N+](=O)[O-])N1CCC(c2cc3ccccc3s2)CC1. The lowest BCUT2D eigenvalue weighted by Crippen LogP contribution is -2.41. The number of piperidine rings is 1. The highest BCUT2D eigenvalue weighted by Gasteiger charge is 2.28. The fraction of sp³-hybridized carbons (Fsp3) is 0.471. The number of carbonyl (C=O) groups is 1. The maximum absolute atomic E-state index is 12.3. The zero-order valence-electron chi connectivity index (χ0n) is 15.3. The summed E-state index contributed by atoms with van der Waals surface area (Å²) in [4.78, 5) is 44.0. The fourth-order valence-corrected chi connectivity index (χ4v) is 4.41. The first-order valence-electron chi connectivity index (χ1n) is 8.91. The van der Waals surface area contributed by atoms with Crippen LogP contribution in [0.2, 0.25) is 0 Å². The number of amides is 1. The summed E-state index contributed by atoms with van der Waals surface area (Å²) in [5, 5.41) is 19.7. The summed E-state index contributed by atoms with van der Waals surface area (Å²) in [6, 6.07) is 10.3. The predicted octanol–water partition coefficient (Wildman–Crippen LogP) is 3.00. The molecule has 1 aliphatic rings. The van der Waals surface area contributed by atoms with Gasteiger partial charge in [-0.1, -0.05) is 18.2 Å². The number of rotatable bonds is 8. The van der Waals surface area contributed by atoms with E-state index in [-0.39, 0.29) is 0 Å². The van der Waals surface area contributed by atoms with E-state index in [1.165, 1.54) is 19.9 Å². The van der Waals surface area contributed by atoms with Gasteiger partial charge in [0.15, 0.2) is 6.10 Å². The van der Waals surface area contributed by atoms with Crippen molar-refractivity contribution in [2.75, 3.05) is 26.3 Å². The molecule has 1 fully saturated rings. The molecule has 1 aromatic carbocycles. The number of fused-ring (bicyclic) bond motifs is 1. The number of nitrogens with zero attached hydrogens (tertiary/aromatic N) is 3. The number of benzene rings is 1. The molecule has 0 atom stereocenters. The van der Waals surface area contributed by atoms with Crippen LogP contribution in [0, 0.1) is 20.2 Å². The molecule has 0 bridgehead atoms. The van der Waals surface area contributed by atoms with Crippen molar-refractivity contribution in [1.82, 2.24) is 4.90 Å². The smallest absolute Gasteiger partial charge is 0.410 e. The first kappa shape index (κ1) is 20.6. The van der Waals surface area contributed by atoms with Crippen LogP contribution in [-0.4, -0.2) is 53.6 Å². The molecule has 0 radical (unpaired) electrons. The minimum absolute atomic E-state index is 0.336. The lowest BCUT2D eigenvalue weighted by atomic mass is 9.95. The molecule has 3 rings (SSSR count). The Kier molecular flexibility index (Phi) is 6.65. The number of likely N-dealkylation sites (tertiary alicyclic amines) is 1. The summed E-state index contributed by atoms with van der Waals surface area (Å²) in [6.45, 7) is -0.386. The largest absolute Gasteiger partial charge is 0.442 e. The van der Waals surface area contributed by atoms with Gasteiger partial charge in [0.2, 0.25) is 0 Å². The lowest BCUT2D eigenvalue weighted by Gasteiger charge is -2.31. The van der Waals surface area contributed by atoms with Gasteiger partial charge in [0, 0.05) is 22.7 Å². The summed E-state index contributed by atoms with van der Waals surface area (Å²) < 4.78 is 6.34. The molecule has 1 saturated heterocycles. The van der Waals surface area contributed by atoms with Gasteiger partial charge in [-0.05, 0) is 36.3 Å². The highest BCUT2D eigenvalue weighted by Crippen LogP contribution is 2.36. The normalized spacial score (nSPS) is 14.7. The van der Waals surface area contributed by atoms with Gasteiger partial charge in [-0.3, -0.25) is 0 Å². The van der Waals surface area contributed by atoms with Crippen LogP contribution < -0.4 is 0 Å². The molecule has 29 heavy (non-hydrogen) atoms. The molecule has 1 aliphatic heterocycles. The molecule has 12 heteroatoms. The van der Waals surface area contributed by atoms with Gasteiger partial charge in [-0.15, -0.1) is 31.6 Å². The minimum Gasteiger partial charge on any atom is -0.442 e. The van der Waals surface area contributed by atoms with Crippen LogP contribution in [0.1, 0.15) is 23.6 Å². The third-order valence-electron chi connectivity index (χ3n) is 4.60. The van der Waals surface area contributed by atoms with Crippen LogP contribution in [0.4, 0.5) is 4.79 Å². The van der Waals surface area contributed by atoms with Gasteiger partial charge in [0.25, 0.3) is 10.2 Å². The Hall–Kier alpha value is -3.15. The summed E-state index contributed by atoms with van der Waals surface area (Å²) >= 11 is 1.75. The molecule has 2 heterocycles. The van der Waals surface area contributed by atoms with Crippen LogP contribution in [-0.2, 0) is 14.4 Å². The van der Waals surface area contributed by atoms with Crippen molar-refractivity contribution in [1.29, 1.82) is 0 Å². The Balaban J connectivity index is 1.53. The molecule has 0 N–H and O–H groups in total. The van der Waals surface area contributed by atoms with E-state index in [9.17, 15) is 25.0 Å². The molecular formula is C17H19N3O8S. The molecule has 0 aliphatic carbocycles. The second-order valence-corrected chi connectivity index (χ2v) is 7.61. The average molecular weight is 425 g/mol. The Labute approximate surface area is 169 Å². The number of hydrogen-bond acceptors (Lipinski definition) is 9. The van der Waals surface area contributed by atoms with E-state index in [2.05, 4.69) is 27.9 Å². The predicted molar refractivity (Wildman–Crippen MR) is 102 cm³/mol. The van der Waals surface area contributed by atoms with Gasteiger partial charge in [0.05, 0.1) is 0 Å². The first-order valence-corrected chi connectivity index (χ1v) is 9.72. The molecule has 2 aromatic rings. The summed E-state index contributed by atoms with van der Waals surface area (Å²) in [5.74, 6) is 0.336. The number of carbonyl (C=O) groups excluding carboxylic acids is 1. The van der Waals surface area contributed by atoms with Crippen LogP contribution in [0.3, 0.4) is 0 Å². The van der Waals surface area contributed by atoms with Crippen molar-refractivity contribution < 1.29 is 29.4 Å². The average Bonchev–Trinajstić information content (AvgIpc) is 3.14. The van der Waals surface area contributed by atoms with E-state index in [1.807, 2.05) is 12.1 Å². The number of thiophene rings is 1. The Morgan fingerprint density at radius 1 is 1.14 bits per heavy atom. The van der Waals surface area contributed by atoms with Crippen LogP contribution in [0.5, 0.6) is 0 Å². The Bertz CT molecular complexity index is 829. The fourth-order valence-electron chi connectivity index (χ4n) is 3.17. The van der Waals surface area contributed by atoms with Gasteiger partial charge < -0.3 is 19.3 Å². The molecule has 1 aromatic heterocycles. The standard InChI is InChI=1S/C17H19N3O8S/c21-17(28-14(10-26-19(22)23)11-27-20(24)25)18-7-5-12(6-8-18)16-9-13-3-1-2-4-15(13)29-16/h1-4,9,12,14H,5-8,10-11H2. The van der Waals surface area contributed by atoms with Crippen LogP contribution in [0.15, 0.2) is 30.3 Å². The molecule has 0 spiro atoms. The maximum atomic E-state index is 12.3. The molecule has 156 valence electrons. The van der Waals surface area contributed by atoms with Crippen molar-refractivity contribution in [3.05, 3.63) is 55.4 Å². The van der Waals surface area contributed by atoms with E-state index < -0.39 is 35.6 Å². The van der Waals surface area contributed by atoms with Crippen molar-refractivity contribution in [2.45, 2.75) is 24.9 Å². The summed E-state index contributed by atoms with van der Waals surface area (Å²) in [5.41, 5.74) is 0. The quantitative estimate of drug-likeness (QED) is 0.465. The first-order chi connectivity index (χ1) is 13.9. The van der Waals surface area contributed by atoms with E-state index in [4.69, 9.17) is 4.74 Å². The van der Waals surface area contributed by atoms with Crippen LogP contribution >= 0.6 is 11.3 Å². The van der Waals surface area contributed by atoms with E-state index >= 15 is 0 Å². The highest BCUT2D eigenvalue weighted by molar-refractivity contribution is 7.19. The number of ether oxygens (including phenoxy) is 1. The monoisotopic (exact) mass is 425 g/mol. The van der Waals surface area contributed by atoms with Gasteiger partial charge in [-0.25, -0.2) is 4.79 Å². The van der Waals surface area contributed by atoms with Gasteiger partial charge in [0.1, 0.15) is 13.2 Å². The summed E-state index contributed by atoms with van der Waals surface area (Å²) in [7, 11) is 0. The molecule has 1 amide bonds. The minimum atomic E-state index is -1.27. The molecule has 11 nitrogen and oxygen atoms in total. The van der Waals surface area contributed by atoms with E-state index in [0.717, 1.165) is 12.8 Å². The number of hydrogen-bond donors (Lipinski definition) is 0. The molecule has 0 unspecified atom stereocenters. The van der Waals surface area contributed by atoms with E-state index in [1.54, 1.807) is 11.3 Å². The van der Waals surface area contributed by atoms with Crippen molar-refractivity contribution in [2.24, 2.45) is 0 Å². The molecule has 0 saturated carbocycles. The van der Waals surface area contributed by atoms with Crippen LogP contribution in [0.25, 0.3) is 10.1 Å². The second kappa shape index (κ2) is 9.37. The Morgan fingerprint density at radius 2 is 1.76 bits per heavy atom. The Morgan fingerprint density at radius 3 is 2.34 bits per heavy atom. The topological polar surface area (TPSA) is 134 Å². The zero-order chi connectivity index (χ0) is 20.8. The maximum Gasteiger partial charge on any atom is 0.410 e.